The molecule has 0 spiro atoms. The van der Waals surface area contributed by atoms with Gasteiger partial charge in [0.05, 0.1) is 16.6 Å². The van der Waals surface area contributed by atoms with Crippen LogP contribution in [0.5, 0.6) is 0 Å². The molecule has 48 heavy (non-hydrogen) atoms. The van der Waals surface area contributed by atoms with Crippen molar-refractivity contribution in [1.29, 1.82) is 0 Å². The molecule has 4 aromatic rings. The number of likely N-dealkylation sites (N-methyl/N-ethyl adjacent to an activating group) is 1. The average molecular weight is 690 g/mol. The number of hydrogen-bond donors (Lipinski definition) is 1. The van der Waals surface area contributed by atoms with Crippen molar-refractivity contribution in [2.45, 2.75) is 50.6 Å². The van der Waals surface area contributed by atoms with Crippen molar-refractivity contribution in [3.63, 3.8) is 0 Å². The molecule has 250 valence electrons. The maximum Gasteiger partial charge on any atom is 0.277 e. The fourth-order valence-electron chi connectivity index (χ4n) is 5.35. The summed E-state index contributed by atoms with van der Waals surface area (Å²) < 4.78 is 18.7. The summed E-state index contributed by atoms with van der Waals surface area (Å²) in [5, 5.41) is 6.46. The maximum atomic E-state index is 13.4. The Bertz CT molecular complexity index is 1660. The van der Waals surface area contributed by atoms with Crippen LogP contribution in [0.1, 0.15) is 51.9 Å². The van der Waals surface area contributed by atoms with E-state index in [1.165, 1.54) is 24.5 Å². The molecule has 0 saturated heterocycles. The highest BCUT2D eigenvalue weighted by atomic mass is 35.5. The van der Waals surface area contributed by atoms with Gasteiger partial charge in [-0.3, -0.25) is 9.59 Å². The van der Waals surface area contributed by atoms with Crippen LogP contribution in [0.25, 0.3) is 0 Å². The lowest BCUT2D eigenvalue weighted by Gasteiger charge is -2.30. The number of aldehydes is 1. The average Bonchev–Trinajstić information content (AvgIpc) is 3.08. The van der Waals surface area contributed by atoms with Crippen molar-refractivity contribution in [2.24, 2.45) is 5.18 Å². The summed E-state index contributed by atoms with van der Waals surface area (Å²) in [4.78, 5) is 48.1. The van der Waals surface area contributed by atoms with Gasteiger partial charge in [-0.15, -0.1) is 4.91 Å². The van der Waals surface area contributed by atoms with Gasteiger partial charge >= 0.3 is 0 Å². The molecule has 0 bridgehead atoms. The highest BCUT2D eigenvalue weighted by molar-refractivity contribution is 7.94. The van der Waals surface area contributed by atoms with Crippen molar-refractivity contribution in [3.8, 4) is 0 Å². The topological polar surface area (TPSA) is 105 Å². The van der Waals surface area contributed by atoms with Crippen LogP contribution in [0, 0.1) is 10.7 Å². The Morgan fingerprint density at radius 2 is 1.69 bits per heavy atom. The monoisotopic (exact) mass is 689 g/mol. The molecule has 0 radical (unpaired) electrons. The van der Waals surface area contributed by atoms with Crippen LogP contribution in [-0.2, 0) is 33.1 Å². The number of nitroso groups, excluding NO2 is 1. The fourth-order valence-corrected chi connectivity index (χ4v) is 6.18. The zero-order chi connectivity index (χ0) is 34.3. The number of halogens is 2. The number of hydrogen-bond acceptors (Lipinski definition) is 7. The number of carbonyl (C=O) groups excluding carboxylic acids is 3. The Balaban J connectivity index is 0.000000284. The van der Waals surface area contributed by atoms with Crippen LogP contribution in [-0.4, -0.2) is 47.5 Å². The third kappa shape index (κ3) is 10.3. The molecular formula is C37H37ClFN3O5S. The van der Waals surface area contributed by atoms with Gasteiger partial charge in [0, 0.05) is 30.8 Å². The van der Waals surface area contributed by atoms with E-state index in [-0.39, 0.29) is 30.0 Å². The van der Waals surface area contributed by atoms with Gasteiger partial charge in [-0.2, -0.15) is 4.28 Å². The molecule has 1 aliphatic rings. The Hall–Kier alpha value is -4.38. The second-order valence-electron chi connectivity index (χ2n) is 11.1. The second-order valence-corrected chi connectivity index (χ2v) is 12.3. The molecule has 11 heteroatoms. The summed E-state index contributed by atoms with van der Waals surface area (Å²) in [7, 11) is 0. The van der Waals surface area contributed by atoms with E-state index >= 15 is 0 Å². The summed E-state index contributed by atoms with van der Waals surface area (Å²) in [6.07, 6.45) is 3.51. The first-order chi connectivity index (χ1) is 23.3. The number of amides is 2. The molecule has 8 nitrogen and oxygen atoms in total. The summed E-state index contributed by atoms with van der Waals surface area (Å²) in [5.41, 5.74) is 5.29. The number of hydroxylamine groups is 2. The van der Waals surface area contributed by atoms with E-state index in [0.29, 0.717) is 5.75 Å². The van der Waals surface area contributed by atoms with E-state index in [0.717, 1.165) is 47.0 Å². The molecule has 1 N–H and O–H groups in total. The zero-order valence-corrected chi connectivity index (χ0v) is 28.0. The van der Waals surface area contributed by atoms with E-state index < -0.39 is 29.7 Å². The first-order valence-corrected chi connectivity index (χ1v) is 16.9. The molecule has 0 aliphatic heterocycles. The lowest BCUT2D eigenvalue weighted by atomic mass is 9.74. The standard InChI is InChI=1S/C22H23ClFN3O5S.C15H14/c1-2-27(32-33-12-6-11-28)22(30)20(26-31)19(13-15-7-4-3-5-8-15)25-21(29)17-10-9-16(24)14-18(17)23;1-2-6-12(7-3-1)10-14-11-13-8-4-5-9-15(13)14/h3-5,7-11,14,19-20H,2,6,12-13H2,1H3,(H,25,29);1-9,14H,10-11H2. The third-order valence-electron chi connectivity index (χ3n) is 7.82. The number of nitrogens with one attached hydrogen (secondary N) is 1. The Kier molecular flexibility index (Phi) is 14.3. The fraction of sp³-hybridized carbons (Fsp3) is 0.270. The molecule has 5 rings (SSSR count). The summed E-state index contributed by atoms with van der Waals surface area (Å²) in [6, 6.07) is 29.2. The minimum Gasteiger partial charge on any atom is -0.346 e. The van der Waals surface area contributed by atoms with Crippen LogP contribution < -0.4 is 5.32 Å². The number of benzene rings is 4. The molecule has 3 atom stereocenters. The highest BCUT2D eigenvalue weighted by Gasteiger charge is 2.35. The minimum atomic E-state index is -1.51. The molecule has 1 aliphatic carbocycles. The van der Waals surface area contributed by atoms with Gasteiger partial charge in [0.15, 0.2) is 6.04 Å². The van der Waals surface area contributed by atoms with Crippen LogP contribution in [0.3, 0.4) is 0 Å². The van der Waals surface area contributed by atoms with Crippen LogP contribution in [0.15, 0.2) is 108 Å². The highest BCUT2D eigenvalue weighted by Crippen LogP contribution is 2.37. The molecule has 0 heterocycles. The maximum absolute atomic E-state index is 13.4. The van der Waals surface area contributed by atoms with E-state index in [1.807, 2.05) is 0 Å². The van der Waals surface area contributed by atoms with Gasteiger partial charge in [-0.05, 0) is 72.6 Å². The predicted octanol–water partition coefficient (Wildman–Crippen LogP) is 7.54. The molecular weight excluding hydrogens is 653 g/mol. The molecule has 0 aromatic heterocycles. The summed E-state index contributed by atoms with van der Waals surface area (Å²) >= 11 is 6.88. The molecule has 2 amide bonds. The van der Waals surface area contributed by atoms with Crippen molar-refractivity contribution in [2.75, 3.05) is 12.3 Å². The van der Waals surface area contributed by atoms with Crippen LogP contribution in [0.2, 0.25) is 5.02 Å². The van der Waals surface area contributed by atoms with Crippen LogP contribution in [0.4, 0.5) is 4.39 Å². The van der Waals surface area contributed by atoms with Crippen molar-refractivity contribution in [3.05, 3.63) is 147 Å². The third-order valence-corrected chi connectivity index (χ3v) is 8.82. The number of rotatable bonds is 15. The zero-order valence-electron chi connectivity index (χ0n) is 26.5. The van der Waals surface area contributed by atoms with Crippen molar-refractivity contribution >= 4 is 41.7 Å². The normalized spacial score (nSPS) is 14.2. The van der Waals surface area contributed by atoms with E-state index in [9.17, 15) is 23.7 Å². The molecule has 4 aromatic carbocycles. The second kappa shape index (κ2) is 18.8. The Morgan fingerprint density at radius 3 is 2.31 bits per heavy atom. The van der Waals surface area contributed by atoms with Gasteiger partial charge in [-0.25, -0.2) is 9.45 Å². The Morgan fingerprint density at radius 1 is 1.02 bits per heavy atom. The van der Waals surface area contributed by atoms with Gasteiger partial charge in [-0.1, -0.05) is 102 Å². The first kappa shape index (κ1) is 36.5. The van der Waals surface area contributed by atoms with E-state index in [1.54, 1.807) is 48.4 Å². The quantitative estimate of drug-likeness (QED) is 0.0455. The Labute approximate surface area is 289 Å². The molecule has 0 saturated carbocycles. The van der Waals surface area contributed by atoms with E-state index in [2.05, 4.69) is 65.1 Å². The van der Waals surface area contributed by atoms with Gasteiger partial charge in [0.1, 0.15) is 12.1 Å². The van der Waals surface area contributed by atoms with Crippen molar-refractivity contribution in [1.82, 2.24) is 10.4 Å². The number of carbonyl (C=O) groups is 3. The SMILES string of the molecule is CCN(OSCCC=O)C(=O)C(N=O)C(Cc1ccccc1)NC(=O)c1ccc(F)cc1Cl.c1ccc(CC2Cc3ccccc32)cc1. The molecule has 0 fully saturated rings. The summed E-state index contributed by atoms with van der Waals surface area (Å²) in [6.45, 7) is 1.75. The van der Waals surface area contributed by atoms with Crippen LogP contribution >= 0.6 is 23.6 Å². The van der Waals surface area contributed by atoms with Gasteiger partial charge < -0.3 is 10.1 Å². The number of nitrogens with zero attached hydrogens (tertiary/aromatic N) is 2. The van der Waals surface area contributed by atoms with Gasteiger partial charge in [0.25, 0.3) is 11.8 Å². The lowest BCUT2D eigenvalue weighted by Crippen LogP contribution is -2.51. The van der Waals surface area contributed by atoms with E-state index in [4.69, 9.17) is 15.9 Å². The van der Waals surface area contributed by atoms with Gasteiger partial charge in [0.2, 0.25) is 0 Å². The smallest absolute Gasteiger partial charge is 0.277 e. The van der Waals surface area contributed by atoms with Crippen molar-refractivity contribution < 1.29 is 23.1 Å². The first-order valence-electron chi connectivity index (χ1n) is 15.6. The predicted molar refractivity (Wildman–Crippen MR) is 187 cm³/mol. The number of fused-ring (bicyclic) bond motifs is 1. The minimum absolute atomic E-state index is 0.0127. The molecule has 3 unspecified atom stereocenters. The lowest BCUT2D eigenvalue weighted by molar-refractivity contribution is -0.155. The largest absolute Gasteiger partial charge is 0.346 e. The summed E-state index contributed by atoms with van der Waals surface area (Å²) in [5.74, 6) is -0.977.